The van der Waals surface area contributed by atoms with Gasteiger partial charge in [0.2, 0.25) is 0 Å². The van der Waals surface area contributed by atoms with Gasteiger partial charge in [-0.05, 0) is 18.9 Å². The van der Waals surface area contributed by atoms with Crippen molar-refractivity contribution in [3.05, 3.63) is 16.3 Å². The Bertz CT molecular complexity index is 349. The summed E-state index contributed by atoms with van der Waals surface area (Å²) < 4.78 is 0. The summed E-state index contributed by atoms with van der Waals surface area (Å²) in [4.78, 5) is 13.6. The van der Waals surface area contributed by atoms with Crippen LogP contribution in [0.5, 0.6) is 0 Å². The SMILES string of the molecule is CCCCC(CCC)NC(=O)c1cc(S)cs1. The van der Waals surface area contributed by atoms with Gasteiger partial charge in [-0.1, -0.05) is 33.1 Å². The monoisotopic (exact) mass is 271 g/mol. The van der Waals surface area contributed by atoms with Crippen LogP contribution in [0.15, 0.2) is 16.3 Å². The Morgan fingerprint density at radius 1 is 1.41 bits per heavy atom. The zero-order chi connectivity index (χ0) is 12.7. The van der Waals surface area contributed by atoms with Crippen LogP contribution >= 0.6 is 24.0 Å². The van der Waals surface area contributed by atoms with Crippen LogP contribution in [-0.4, -0.2) is 11.9 Å². The molecule has 0 bridgehead atoms. The largest absolute Gasteiger partial charge is 0.349 e. The van der Waals surface area contributed by atoms with E-state index >= 15 is 0 Å². The van der Waals surface area contributed by atoms with Crippen LogP contribution in [0, 0.1) is 0 Å². The van der Waals surface area contributed by atoms with Crippen LogP contribution in [0.2, 0.25) is 0 Å². The van der Waals surface area contributed by atoms with Gasteiger partial charge in [-0.25, -0.2) is 0 Å². The van der Waals surface area contributed by atoms with Crippen LogP contribution in [0.4, 0.5) is 0 Å². The number of nitrogens with one attached hydrogen (secondary N) is 1. The summed E-state index contributed by atoms with van der Waals surface area (Å²) in [6, 6.07) is 2.14. The molecule has 1 amide bonds. The van der Waals surface area contributed by atoms with Crippen molar-refractivity contribution in [2.45, 2.75) is 56.9 Å². The van der Waals surface area contributed by atoms with Crippen molar-refractivity contribution in [1.82, 2.24) is 5.32 Å². The molecular formula is C13H21NOS2. The summed E-state index contributed by atoms with van der Waals surface area (Å²) in [7, 11) is 0. The van der Waals surface area contributed by atoms with Gasteiger partial charge in [0.1, 0.15) is 0 Å². The van der Waals surface area contributed by atoms with E-state index in [9.17, 15) is 4.79 Å². The van der Waals surface area contributed by atoms with Crippen molar-refractivity contribution < 1.29 is 4.79 Å². The van der Waals surface area contributed by atoms with Crippen LogP contribution < -0.4 is 5.32 Å². The molecule has 1 N–H and O–H groups in total. The van der Waals surface area contributed by atoms with Gasteiger partial charge in [0.25, 0.3) is 5.91 Å². The fourth-order valence-electron chi connectivity index (χ4n) is 1.79. The fourth-order valence-corrected chi connectivity index (χ4v) is 2.84. The number of carbonyl (C=O) groups is 1. The first kappa shape index (κ1) is 14.6. The van der Waals surface area contributed by atoms with E-state index in [0.29, 0.717) is 6.04 Å². The molecule has 0 saturated carbocycles. The highest BCUT2D eigenvalue weighted by Crippen LogP contribution is 2.18. The minimum Gasteiger partial charge on any atom is -0.349 e. The maximum Gasteiger partial charge on any atom is 0.261 e. The van der Waals surface area contributed by atoms with E-state index in [-0.39, 0.29) is 5.91 Å². The Labute approximate surface area is 113 Å². The average Bonchev–Trinajstić information content (AvgIpc) is 2.73. The number of thiol groups is 1. The Kier molecular flexibility index (Phi) is 6.66. The third kappa shape index (κ3) is 5.13. The molecule has 0 fully saturated rings. The van der Waals surface area contributed by atoms with Gasteiger partial charge in [-0.15, -0.1) is 24.0 Å². The van der Waals surface area contributed by atoms with Crippen LogP contribution in [0.3, 0.4) is 0 Å². The number of carbonyl (C=O) groups excluding carboxylic acids is 1. The van der Waals surface area contributed by atoms with E-state index in [4.69, 9.17) is 0 Å². The molecule has 1 aromatic heterocycles. The van der Waals surface area contributed by atoms with E-state index in [1.165, 1.54) is 24.2 Å². The third-order valence-electron chi connectivity index (χ3n) is 2.69. The molecule has 1 atom stereocenters. The predicted molar refractivity (Wildman–Crippen MR) is 77.3 cm³/mol. The molecule has 4 heteroatoms. The van der Waals surface area contributed by atoms with Crippen LogP contribution in [0.1, 0.15) is 55.6 Å². The smallest absolute Gasteiger partial charge is 0.261 e. The number of hydrogen-bond acceptors (Lipinski definition) is 3. The lowest BCUT2D eigenvalue weighted by atomic mass is 10.1. The van der Waals surface area contributed by atoms with Gasteiger partial charge < -0.3 is 5.32 Å². The second-order valence-corrected chi connectivity index (χ2v) is 5.70. The summed E-state index contributed by atoms with van der Waals surface area (Å²) >= 11 is 5.67. The lowest BCUT2D eigenvalue weighted by Gasteiger charge is -2.17. The van der Waals surface area contributed by atoms with Crippen molar-refractivity contribution in [3.8, 4) is 0 Å². The first-order valence-electron chi connectivity index (χ1n) is 6.25. The van der Waals surface area contributed by atoms with Crippen molar-refractivity contribution >= 4 is 29.9 Å². The van der Waals surface area contributed by atoms with Gasteiger partial charge in [0.15, 0.2) is 0 Å². The highest BCUT2D eigenvalue weighted by molar-refractivity contribution is 7.80. The Morgan fingerprint density at radius 2 is 2.18 bits per heavy atom. The van der Waals surface area contributed by atoms with Gasteiger partial charge >= 0.3 is 0 Å². The summed E-state index contributed by atoms with van der Waals surface area (Å²) in [5.74, 6) is 0.0462. The molecule has 0 saturated heterocycles. The van der Waals surface area contributed by atoms with Crippen molar-refractivity contribution in [2.75, 3.05) is 0 Å². The Hall–Kier alpha value is -0.480. The average molecular weight is 271 g/mol. The standard InChI is InChI=1S/C13H21NOS2/c1-3-5-7-10(6-4-2)14-13(15)12-8-11(16)9-17-12/h8-10,16H,3-7H2,1-2H3,(H,14,15). The third-order valence-corrected chi connectivity index (χ3v) is 4.05. The molecule has 1 heterocycles. The molecule has 96 valence electrons. The number of rotatable bonds is 7. The zero-order valence-corrected chi connectivity index (χ0v) is 12.2. The van der Waals surface area contributed by atoms with Crippen molar-refractivity contribution in [2.24, 2.45) is 0 Å². The van der Waals surface area contributed by atoms with E-state index < -0.39 is 0 Å². The second kappa shape index (κ2) is 7.77. The molecule has 0 aliphatic rings. The molecule has 1 rings (SSSR count). The number of amides is 1. The minimum absolute atomic E-state index is 0.0462. The molecule has 0 aliphatic carbocycles. The highest BCUT2D eigenvalue weighted by Gasteiger charge is 2.13. The van der Waals surface area contributed by atoms with Gasteiger partial charge in [0.05, 0.1) is 4.88 Å². The molecule has 0 radical (unpaired) electrons. The fraction of sp³-hybridized carbons (Fsp3) is 0.615. The van der Waals surface area contributed by atoms with Gasteiger partial charge in [-0.2, -0.15) is 0 Å². The van der Waals surface area contributed by atoms with E-state index in [0.717, 1.165) is 29.0 Å². The van der Waals surface area contributed by atoms with Crippen LogP contribution in [0.25, 0.3) is 0 Å². The van der Waals surface area contributed by atoms with E-state index in [2.05, 4.69) is 31.8 Å². The van der Waals surface area contributed by atoms with Gasteiger partial charge in [-0.3, -0.25) is 4.79 Å². The highest BCUT2D eigenvalue weighted by atomic mass is 32.1. The quantitative estimate of drug-likeness (QED) is 0.717. The number of unbranched alkanes of at least 4 members (excludes halogenated alkanes) is 1. The summed E-state index contributed by atoms with van der Waals surface area (Å²) in [6.07, 6.45) is 5.60. The first-order valence-corrected chi connectivity index (χ1v) is 7.58. The predicted octanol–water partition coefficient (Wildman–Crippen LogP) is 4.13. The summed E-state index contributed by atoms with van der Waals surface area (Å²) in [5, 5.41) is 5.01. The molecule has 2 nitrogen and oxygen atoms in total. The van der Waals surface area contributed by atoms with Gasteiger partial charge in [0, 0.05) is 16.3 Å². The molecule has 0 spiro atoms. The summed E-state index contributed by atoms with van der Waals surface area (Å²) in [6.45, 7) is 4.33. The molecular weight excluding hydrogens is 250 g/mol. The van der Waals surface area contributed by atoms with E-state index in [1.54, 1.807) is 0 Å². The Balaban J connectivity index is 2.51. The molecule has 17 heavy (non-hydrogen) atoms. The topological polar surface area (TPSA) is 29.1 Å². The molecule has 1 aromatic rings. The molecule has 1 unspecified atom stereocenters. The maximum atomic E-state index is 12.0. The van der Waals surface area contributed by atoms with Crippen molar-refractivity contribution in [3.63, 3.8) is 0 Å². The van der Waals surface area contributed by atoms with Crippen LogP contribution in [-0.2, 0) is 0 Å². The maximum absolute atomic E-state index is 12.0. The normalized spacial score (nSPS) is 12.4. The zero-order valence-electron chi connectivity index (χ0n) is 10.5. The molecule has 0 aromatic carbocycles. The lowest BCUT2D eigenvalue weighted by Crippen LogP contribution is -2.34. The molecule has 0 aliphatic heterocycles. The first-order chi connectivity index (χ1) is 8.17. The minimum atomic E-state index is 0.0462. The summed E-state index contributed by atoms with van der Waals surface area (Å²) in [5.41, 5.74) is 0. The number of hydrogen-bond donors (Lipinski definition) is 2. The van der Waals surface area contributed by atoms with Crippen molar-refractivity contribution in [1.29, 1.82) is 0 Å². The lowest BCUT2D eigenvalue weighted by molar-refractivity contribution is 0.0936. The Morgan fingerprint density at radius 3 is 2.71 bits per heavy atom. The second-order valence-electron chi connectivity index (χ2n) is 4.27. The number of thiophene rings is 1. The van der Waals surface area contributed by atoms with E-state index in [1.807, 2.05) is 11.4 Å².